The van der Waals surface area contributed by atoms with Crippen LogP contribution >= 0.6 is 0 Å². The fraction of sp³-hybridized carbons (Fsp3) is 0.0417. The average molecular weight is 444 g/mol. The van der Waals surface area contributed by atoms with E-state index >= 15 is 0 Å². The lowest BCUT2D eigenvalue weighted by Gasteiger charge is -2.03. The number of allylic oxidation sites excluding steroid dienone is 1. The van der Waals surface area contributed by atoms with Crippen molar-refractivity contribution < 1.29 is 12.8 Å². The molecule has 158 valence electrons. The molecule has 6 nitrogen and oxygen atoms in total. The minimum absolute atomic E-state index is 0.168. The smallest absolute Gasteiger partial charge is 0.216 e. The number of sulfone groups is 1. The fourth-order valence-corrected chi connectivity index (χ4v) is 4.31. The van der Waals surface area contributed by atoms with Crippen molar-refractivity contribution in [2.24, 2.45) is 0 Å². The first-order valence-electron chi connectivity index (χ1n) is 9.61. The van der Waals surface area contributed by atoms with E-state index in [1.54, 1.807) is 35.4 Å². The second-order valence-corrected chi connectivity index (χ2v) is 8.85. The Morgan fingerprint density at radius 2 is 1.81 bits per heavy atom. The second-order valence-electron chi connectivity index (χ2n) is 6.93. The van der Waals surface area contributed by atoms with Crippen LogP contribution in [0.5, 0.6) is 0 Å². The van der Waals surface area contributed by atoms with Gasteiger partial charge in [0.1, 0.15) is 11.9 Å². The Labute approximate surface area is 184 Å². The van der Waals surface area contributed by atoms with Gasteiger partial charge in [0, 0.05) is 29.7 Å². The molecule has 0 spiro atoms. The Kier molecular flexibility index (Phi) is 5.92. The Morgan fingerprint density at radius 3 is 2.47 bits per heavy atom. The van der Waals surface area contributed by atoms with E-state index in [2.05, 4.69) is 10.1 Å². The van der Waals surface area contributed by atoms with Crippen molar-refractivity contribution in [2.75, 3.05) is 0 Å². The van der Waals surface area contributed by atoms with Gasteiger partial charge in [-0.1, -0.05) is 36.4 Å². The Balaban J connectivity index is 1.81. The largest absolute Gasteiger partial charge is 0.267 e. The summed E-state index contributed by atoms with van der Waals surface area (Å²) in [6, 6.07) is 19.4. The number of hydrogen-bond acceptors (Lipinski definition) is 5. The molecule has 2 aromatic heterocycles. The minimum Gasteiger partial charge on any atom is -0.267 e. The predicted molar refractivity (Wildman–Crippen MR) is 118 cm³/mol. The molecule has 0 fully saturated rings. The van der Waals surface area contributed by atoms with Crippen LogP contribution in [0.4, 0.5) is 4.39 Å². The molecule has 0 amide bonds. The summed E-state index contributed by atoms with van der Waals surface area (Å²) in [5.74, 6) is -0.565. The topological polar surface area (TPSA) is 88.6 Å². The van der Waals surface area contributed by atoms with Crippen molar-refractivity contribution in [2.45, 2.75) is 11.4 Å². The molecule has 0 saturated carbocycles. The number of pyridine rings is 1. The van der Waals surface area contributed by atoms with Crippen molar-refractivity contribution in [3.8, 4) is 17.2 Å². The Morgan fingerprint density at radius 1 is 1.06 bits per heavy atom. The lowest BCUT2D eigenvalue weighted by atomic mass is 10.1. The fourth-order valence-electron chi connectivity index (χ4n) is 3.17. The van der Waals surface area contributed by atoms with E-state index in [0.717, 1.165) is 35.4 Å². The number of halogens is 1. The van der Waals surface area contributed by atoms with Crippen LogP contribution in [0, 0.1) is 17.1 Å². The van der Waals surface area contributed by atoms with Crippen molar-refractivity contribution in [3.05, 3.63) is 107 Å². The molecule has 32 heavy (non-hydrogen) atoms. The summed E-state index contributed by atoms with van der Waals surface area (Å²) < 4.78 is 40.8. The molecule has 0 aliphatic carbocycles. The van der Waals surface area contributed by atoms with E-state index in [4.69, 9.17) is 0 Å². The summed E-state index contributed by atoms with van der Waals surface area (Å²) in [5, 5.41) is 14.2. The molecule has 0 atom stereocenters. The lowest BCUT2D eigenvalue weighted by molar-refractivity contribution is 0.601. The van der Waals surface area contributed by atoms with Crippen LogP contribution in [-0.4, -0.2) is 23.2 Å². The number of rotatable bonds is 6. The molecule has 0 saturated heterocycles. The molecule has 0 aliphatic heterocycles. The highest BCUT2D eigenvalue weighted by atomic mass is 32.2. The quantitative estimate of drug-likeness (QED) is 0.323. The SMILES string of the molecule is N#C/C(=C/c1nn(Cc2ccccc2)cc1-c1cccnc1)S(=O)(=O)c1ccc(F)cc1. The third-order valence-electron chi connectivity index (χ3n) is 4.74. The van der Waals surface area contributed by atoms with Crippen LogP contribution in [0.15, 0.2) is 95.1 Å². The normalized spacial score (nSPS) is 11.8. The van der Waals surface area contributed by atoms with E-state index in [1.165, 1.54) is 6.08 Å². The van der Waals surface area contributed by atoms with E-state index in [0.29, 0.717) is 17.8 Å². The molecule has 2 heterocycles. The molecular formula is C24H17FN4O2S. The van der Waals surface area contributed by atoms with Crippen LogP contribution in [0.1, 0.15) is 11.3 Å². The summed E-state index contributed by atoms with van der Waals surface area (Å²) in [6.45, 7) is 0.467. The van der Waals surface area contributed by atoms with E-state index in [9.17, 15) is 18.1 Å². The van der Waals surface area contributed by atoms with Crippen LogP contribution in [-0.2, 0) is 16.4 Å². The maximum absolute atomic E-state index is 13.2. The molecule has 0 aliphatic rings. The van der Waals surface area contributed by atoms with Crippen molar-refractivity contribution >= 4 is 15.9 Å². The van der Waals surface area contributed by atoms with E-state index in [-0.39, 0.29) is 4.90 Å². The van der Waals surface area contributed by atoms with Gasteiger partial charge in [0.25, 0.3) is 0 Å². The van der Waals surface area contributed by atoms with Crippen LogP contribution in [0.25, 0.3) is 17.2 Å². The maximum Gasteiger partial charge on any atom is 0.216 e. The van der Waals surface area contributed by atoms with Gasteiger partial charge in [0.05, 0.1) is 17.1 Å². The number of benzene rings is 2. The van der Waals surface area contributed by atoms with Gasteiger partial charge in [-0.3, -0.25) is 9.67 Å². The number of hydrogen-bond donors (Lipinski definition) is 0. The van der Waals surface area contributed by atoms with Crippen LogP contribution < -0.4 is 0 Å². The van der Waals surface area contributed by atoms with Gasteiger partial charge < -0.3 is 0 Å². The molecule has 0 radical (unpaired) electrons. The molecular weight excluding hydrogens is 427 g/mol. The molecule has 4 aromatic rings. The third kappa shape index (κ3) is 4.48. The van der Waals surface area contributed by atoms with Gasteiger partial charge in [0.2, 0.25) is 9.84 Å². The summed E-state index contributed by atoms with van der Waals surface area (Å²) in [7, 11) is -4.15. The zero-order valence-corrected chi connectivity index (χ0v) is 17.6. The van der Waals surface area contributed by atoms with E-state index < -0.39 is 20.6 Å². The van der Waals surface area contributed by atoms with Crippen molar-refractivity contribution in [3.63, 3.8) is 0 Å². The Hall–Kier alpha value is -4.09. The van der Waals surface area contributed by atoms with Crippen molar-refractivity contribution in [1.29, 1.82) is 5.26 Å². The van der Waals surface area contributed by atoms with Gasteiger partial charge in [-0.25, -0.2) is 12.8 Å². The summed E-state index contributed by atoms with van der Waals surface area (Å²) in [5.41, 5.74) is 2.70. The highest BCUT2D eigenvalue weighted by Gasteiger charge is 2.22. The van der Waals surface area contributed by atoms with Crippen LogP contribution in [0.2, 0.25) is 0 Å². The maximum atomic E-state index is 13.2. The van der Waals surface area contributed by atoms with Gasteiger partial charge in [-0.2, -0.15) is 10.4 Å². The highest BCUT2D eigenvalue weighted by Crippen LogP contribution is 2.27. The first-order valence-corrected chi connectivity index (χ1v) is 11.1. The van der Waals surface area contributed by atoms with Crippen molar-refractivity contribution in [1.82, 2.24) is 14.8 Å². The van der Waals surface area contributed by atoms with E-state index in [1.807, 2.05) is 36.4 Å². The summed E-state index contributed by atoms with van der Waals surface area (Å²) >= 11 is 0. The second kappa shape index (κ2) is 8.96. The first-order chi connectivity index (χ1) is 15.5. The van der Waals surface area contributed by atoms with Gasteiger partial charge in [0.15, 0.2) is 4.91 Å². The monoisotopic (exact) mass is 444 g/mol. The molecule has 0 N–H and O–H groups in total. The van der Waals surface area contributed by atoms with Gasteiger partial charge >= 0.3 is 0 Å². The average Bonchev–Trinajstić information content (AvgIpc) is 3.21. The summed E-state index contributed by atoms with van der Waals surface area (Å²) in [6.07, 6.45) is 6.30. The molecule has 0 unspecified atom stereocenters. The number of aromatic nitrogens is 3. The number of nitrogens with zero attached hydrogens (tertiary/aromatic N) is 4. The zero-order valence-electron chi connectivity index (χ0n) is 16.8. The number of nitriles is 1. The zero-order chi connectivity index (χ0) is 22.6. The molecule has 0 bridgehead atoms. The molecule has 8 heteroatoms. The third-order valence-corrected chi connectivity index (χ3v) is 6.42. The minimum atomic E-state index is -4.15. The first kappa shape index (κ1) is 21.2. The Bertz CT molecular complexity index is 1410. The standard InChI is InChI=1S/C24H17FN4O2S/c25-20-8-10-21(11-9-20)32(30,31)22(14-26)13-24-23(19-7-4-12-27-15-19)17-29(28-24)16-18-5-2-1-3-6-18/h1-13,15,17H,16H2/b22-13-. The lowest BCUT2D eigenvalue weighted by Crippen LogP contribution is -2.04. The highest BCUT2D eigenvalue weighted by molar-refractivity contribution is 7.95. The van der Waals surface area contributed by atoms with Gasteiger partial charge in [-0.15, -0.1) is 0 Å². The van der Waals surface area contributed by atoms with Crippen LogP contribution in [0.3, 0.4) is 0 Å². The van der Waals surface area contributed by atoms with Gasteiger partial charge in [-0.05, 0) is 42.0 Å². The predicted octanol–water partition coefficient (Wildman–Crippen LogP) is 4.47. The summed E-state index contributed by atoms with van der Waals surface area (Å²) in [4.78, 5) is 3.47. The molecule has 4 rings (SSSR count). The molecule has 2 aromatic carbocycles.